The molecule has 0 aromatic carbocycles. The molecule has 7 nitrogen and oxygen atoms in total. The lowest BCUT2D eigenvalue weighted by molar-refractivity contribution is 0.254. The van der Waals surface area contributed by atoms with E-state index in [2.05, 4.69) is 20.0 Å². The number of rotatable bonds is 6. The minimum absolute atomic E-state index is 0.107. The highest BCUT2D eigenvalue weighted by Crippen LogP contribution is 2.14. The van der Waals surface area contributed by atoms with Gasteiger partial charge in [0.05, 0.1) is 11.9 Å². The third kappa shape index (κ3) is 4.19. The van der Waals surface area contributed by atoms with Crippen molar-refractivity contribution in [1.29, 1.82) is 0 Å². The topological polar surface area (TPSA) is 79.3 Å². The van der Waals surface area contributed by atoms with Crippen molar-refractivity contribution in [3.8, 4) is 0 Å². The summed E-state index contributed by atoms with van der Waals surface area (Å²) in [5, 5.41) is 7.37. The van der Waals surface area contributed by atoms with Gasteiger partial charge in [0, 0.05) is 44.8 Å². The molecule has 0 saturated carbocycles. The Bertz CT molecular complexity index is 520. The Labute approximate surface area is 120 Å². The van der Waals surface area contributed by atoms with E-state index in [1.807, 2.05) is 13.8 Å². The zero-order valence-electron chi connectivity index (χ0n) is 12.0. The Kier molecular flexibility index (Phi) is 5.00. The van der Waals surface area contributed by atoms with Crippen molar-refractivity contribution >= 4 is 15.8 Å². The second-order valence-electron chi connectivity index (χ2n) is 5.27. The van der Waals surface area contributed by atoms with Gasteiger partial charge in [-0.05, 0) is 13.8 Å². The number of anilines is 1. The van der Waals surface area contributed by atoms with E-state index in [9.17, 15) is 8.42 Å². The molecule has 0 unspecified atom stereocenters. The largest absolute Gasteiger partial charge is 0.314 e. The van der Waals surface area contributed by atoms with Crippen molar-refractivity contribution in [2.45, 2.75) is 19.9 Å². The van der Waals surface area contributed by atoms with Gasteiger partial charge in [0.1, 0.15) is 5.82 Å². The Morgan fingerprint density at radius 3 is 2.75 bits per heavy atom. The fourth-order valence-corrected chi connectivity index (χ4v) is 3.28. The molecule has 114 valence electrons. The maximum atomic E-state index is 12.1. The first-order valence-corrected chi connectivity index (χ1v) is 8.60. The van der Waals surface area contributed by atoms with Crippen molar-refractivity contribution in [3.63, 3.8) is 0 Å². The van der Waals surface area contributed by atoms with E-state index in [4.69, 9.17) is 0 Å². The molecule has 20 heavy (non-hydrogen) atoms. The van der Waals surface area contributed by atoms with E-state index in [-0.39, 0.29) is 11.8 Å². The van der Waals surface area contributed by atoms with Gasteiger partial charge in [-0.15, -0.1) is 0 Å². The molecule has 2 heterocycles. The molecule has 8 heteroatoms. The molecule has 1 fully saturated rings. The standard InChI is InChI=1S/C12H23N5O2S/c1-11(2)17-12(3-4-14-17)15-20(18,19)10-9-16-7-5-13-6-8-16/h3-4,11,13,15H,5-10H2,1-2H3. The summed E-state index contributed by atoms with van der Waals surface area (Å²) in [5.41, 5.74) is 0. The van der Waals surface area contributed by atoms with Crippen LogP contribution < -0.4 is 10.0 Å². The smallest absolute Gasteiger partial charge is 0.235 e. The van der Waals surface area contributed by atoms with Gasteiger partial charge >= 0.3 is 0 Å². The van der Waals surface area contributed by atoms with E-state index in [0.29, 0.717) is 12.4 Å². The fraction of sp³-hybridized carbons (Fsp3) is 0.750. The molecule has 2 rings (SSSR count). The van der Waals surface area contributed by atoms with Gasteiger partial charge in [-0.1, -0.05) is 0 Å². The highest BCUT2D eigenvalue weighted by molar-refractivity contribution is 7.92. The molecular formula is C12H23N5O2S. The highest BCUT2D eigenvalue weighted by Gasteiger charge is 2.17. The van der Waals surface area contributed by atoms with Crippen LogP contribution in [0.1, 0.15) is 19.9 Å². The number of piperazine rings is 1. The second kappa shape index (κ2) is 6.55. The van der Waals surface area contributed by atoms with Gasteiger partial charge in [-0.25, -0.2) is 13.1 Å². The molecule has 1 aromatic rings. The number of hydrogen-bond acceptors (Lipinski definition) is 5. The first-order valence-electron chi connectivity index (χ1n) is 6.95. The van der Waals surface area contributed by atoms with E-state index in [1.54, 1.807) is 16.9 Å². The van der Waals surface area contributed by atoms with Crippen LogP contribution in [0.2, 0.25) is 0 Å². The third-order valence-corrected chi connectivity index (χ3v) is 4.55. The van der Waals surface area contributed by atoms with Crippen LogP contribution in [0.4, 0.5) is 5.82 Å². The van der Waals surface area contributed by atoms with Crippen molar-refractivity contribution in [3.05, 3.63) is 12.3 Å². The zero-order chi connectivity index (χ0) is 14.6. The lowest BCUT2D eigenvalue weighted by atomic mass is 10.4. The summed E-state index contributed by atoms with van der Waals surface area (Å²) in [4.78, 5) is 2.16. The molecule has 1 aromatic heterocycles. The summed E-state index contributed by atoms with van der Waals surface area (Å²) in [5.74, 6) is 0.635. The Balaban J connectivity index is 1.91. The monoisotopic (exact) mass is 301 g/mol. The molecule has 0 atom stereocenters. The molecule has 2 N–H and O–H groups in total. The van der Waals surface area contributed by atoms with E-state index in [0.717, 1.165) is 26.2 Å². The number of sulfonamides is 1. The van der Waals surface area contributed by atoms with Crippen LogP contribution in [-0.2, 0) is 10.0 Å². The highest BCUT2D eigenvalue weighted by atomic mass is 32.2. The van der Waals surface area contributed by atoms with Gasteiger partial charge in [-0.2, -0.15) is 5.10 Å². The van der Waals surface area contributed by atoms with Crippen LogP contribution in [0.25, 0.3) is 0 Å². The van der Waals surface area contributed by atoms with Crippen LogP contribution >= 0.6 is 0 Å². The molecule has 0 spiro atoms. The van der Waals surface area contributed by atoms with Crippen LogP contribution in [0.15, 0.2) is 12.3 Å². The second-order valence-corrected chi connectivity index (χ2v) is 7.11. The fourth-order valence-electron chi connectivity index (χ4n) is 2.20. The first-order chi connectivity index (χ1) is 9.48. The van der Waals surface area contributed by atoms with Crippen molar-refractivity contribution in [2.75, 3.05) is 43.2 Å². The van der Waals surface area contributed by atoms with Gasteiger partial charge in [0.15, 0.2) is 0 Å². The predicted molar refractivity (Wildman–Crippen MR) is 79.3 cm³/mol. The Hall–Kier alpha value is -1.12. The predicted octanol–water partition coefficient (Wildman–Crippen LogP) is 0.111. The lowest BCUT2D eigenvalue weighted by Crippen LogP contribution is -2.45. The minimum Gasteiger partial charge on any atom is -0.314 e. The number of aromatic nitrogens is 2. The summed E-state index contributed by atoms with van der Waals surface area (Å²) in [6, 6.07) is 1.80. The van der Waals surface area contributed by atoms with Gasteiger partial charge in [0.25, 0.3) is 0 Å². The van der Waals surface area contributed by atoms with E-state index in [1.165, 1.54) is 0 Å². The summed E-state index contributed by atoms with van der Waals surface area (Å²) in [6.45, 7) is 8.14. The molecule has 1 aliphatic heterocycles. The quantitative estimate of drug-likeness (QED) is 0.780. The Morgan fingerprint density at radius 2 is 2.10 bits per heavy atom. The summed E-state index contributed by atoms with van der Waals surface area (Å²) < 4.78 is 28.5. The first kappa shape index (κ1) is 15.3. The SMILES string of the molecule is CC(C)n1nccc1NS(=O)(=O)CCN1CCNCC1. The average Bonchev–Trinajstić information content (AvgIpc) is 2.85. The van der Waals surface area contributed by atoms with Crippen molar-refractivity contribution in [1.82, 2.24) is 20.0 Å². The number of nitrogens with one attached hydrogen (secondary N) is 2. The molecule has 0 bridgehead atoms. The molecule has 1 saturated heterocycles. The Morgan fingerprint density at radius 1 is 1.40 bits per heavy atom. The average molecular weight is 301 g/mol. The summed E-state index contributed by atoms with van der Waals surface area (Å²) >= 11 is 0. The van der Waals surface area contributed by atoms with Crippen LogP contribution in [0, 0.1) is 0 Å². The molecular weight excluding hydrogens is 278 g/mol. The van der Waals surface area contributed by atoms with Crippen LogP contribution in [-0.4, -0.2) is 61.6 Å². The summed E-state index contributed by atoms with van der Waals surface area (Å²) in [6.07, 6.45) is 1.61. The van der Waals surface area contributed by atoms with E-state index >= 15 is 0 Å². The van der Waals surface area contributed by atoms with Crippen molar-refractivity contribution in [2.24, 2.45) is 0 Å². The number of nitrogens with zero attached hydrogens (tertiary/aromatic N) is 3. The van der Waals surface area contributed by atoms with E-state index < -0.39 is 10.0 Å². The third-order valence-electron chi connectivity index (χ3n) is 3.31. The van der Waals surface area contributed by atoms with Crippen LogP contribution in [0.3, 0.4) is 0 Å². The molecule has 0 amide bonds. The maximum absolute atomic E-state index is 12.1. The molecule has 1 aliphatic rings. The zero-order valence-corrected chi connectivity index (χ0v) is 12.9. The van der Waals surface area contributed by atoms with Gasteiger partial charge in [0.2, 0.25) is 10.0 Å². The van der Waals surface area contributed by atoms with Crippen molar-refractivity contribution < 1.29 is 8.42 Å². The maximum Gasteiger partial charge on any atom is 0.235 e. The molecule has 0 radical (unpaired) electrons. The van der Waals surface area contributed by atoms with Gasteiger partial charge < -0.3 is 5.32 Å². The minimum atomic E-state index is -3.33. The number of hydrogen-bond donors (Lipinski definition) is 2. The summed E-state index contributed by atoms with van der Waals surface area (Å²) in [7, 11) is -3.33. The lowest BCUT2D eigenvalue weighted by Gasteiger charge is -2.26. The normalized spacial score (nSPS) is 17.6. The van der Waals surface area contributed by atoms with Crippen LogP contribution in [0.5, 0.6) is 0 Å². The molecule has 0 aliphatic carbocycles. The van der Waals surface area contributed by atoms with Gasteiger partial charge in [-0.3, -0.25) is 9.62 Å².